The van der Waals surface area contributed by atoms with E-state index in [1.54, 1.807) is 24.3 Å². The molecule has 0 heterocycles. The van der Waals surface area contributed by atoms with Crippen LogP contribution in [0.1, 0.15) is 33.1 Å². The van der Waals surface area contributed by atoms with Crippen LogP contribution in [0.4, 0.5) is 11.4 Å². The average Bonchev–Trinajstić information content (AvgIpc) is 2.39. The second kappa shape index (κ2) is 8.02. The van der Waals surface area contributed by atoms with E-state index < -0.39 is 9.84 Å². The first-order valence-corrected chi connectivity index (χ1v) is 8.97. The Kier molecular flexibility index (Phi) is 6.68. The number of carbonyl (C=O) groups is 1. The summed E-state index contributed by atoms with van der Waals surface area (Å²) in [4.78, 5) is 11.8. The number of amides is 1. The van der Waals surface area contributed by atoms with Gasteiger partial charge in [-0.05, 0) is 30.9 Å². The van der Waals surface area contributed by atoms with Crippen molar-refractivity contribution in [3.63, 3.8) is 0 Å². The van der Waals surface area contributed by atoms with Crippen LogP contribution in [-0.2, 0) is 14.6 Å². The van der Waals surface area contributed by atoms with Crippen molar-refractivity contribution in [3.05, 3.63) is 24.3 Å². The van der Waals surface area contributed by atoms with Gasteiger partial charge >= 0.3 is 0 Å². The molecule has 0 aromatic heterocycles. The lowest BCUT2D eigenvalue weighted by Gasteiger charge is -2.08. The summed E-state index contributed by atoms with van der Waals surface area (Å²) in [7, 11) is -3.06. The minimum atomic E-state index is -3.06. The fourth-order valence-electron chi connectivity index (χ4n) is 1.79. The van der Waals surface area contributed by atoms with Crippen molar-refractivity contribution in [2.75, 3.05) is 22.6 Å². The predicted octanol–water partition coefficient (Wildman–Crippen LogP) is 2.45. The molecule has 0 saturated carbocycles. The van der Waals surface area contributed by atoms with Gasteiger partial charge in [-0.25, -0.2) is 8.42 Å². The van der Waals surface area contributed by atoms with E-state index in [1.807, 2.05) is 13.8 Å². The fourth-order valence-corrected chi connectivity index (χ4v) is 3.41. The second-order valence-electron chi connectivity index (χ2n) is 5.57. The van der Waals surface area contributed by atoms with Crippen LogP contribution in [0.3, 0.4) is 0 Å². The van der Waals surface area contributed by atoms with Crippen LogP contribution in [-0.4, -0.2) is 25.8 Å². The average molecular weight is 312 g/mol. The zero-order valence-electron chi connectivity index (χ0n) is 12.6. The lowest BCUT2D eigenvalue weighted by Crippen LogP contribution is -2.17. The maximum absolute atomic E-state index is 11.8. The smallest absolute Gasteiger partial charge is 0.224 e. The molecule has 3 N–H and O–H groups in total. The quantitative estimate of drug-likeness (QED) is 0.722. The van der Waals surface area contributed by atoms with Crippen LogP contribution in [0.15, 0.2) is 24.3 Å². The van der Waals surface area contributed by atoms with Crippen molar-refractivity contribution >= 4 is 27.1 Å². The van der Waals surface area contributed by atoms with Gasteiger partial charge in [0, 0.05) is 6.42 Å². The molecule has 0 atom stereocenters. The summed E-state index contributed by atoms with van der Waals surface area (Å²) in [6, 6.07) is 6.98. The number of sulfone groups is 1. The third kappa shape index (κ3) is 7.13. The Labute approximate surface area is 126 Å². The molecule has 5 nitrogen and oxygen atoms in total. The number of nitrogens with two attached hydrogens (primary N) is 1. The van der Waals surface area contributed by atoms with Gasteiger partial charge in [0.2, 0.25) is 5.91 Å². The molecule has 0 radical (unpaired) electrons. The molecule has 1 aromatic rings. The Bertz CT molecular complexity index is 568. The van der Waals surface area contributed by atoms with Gasteiger partial charge in [0.05, 0.1) is 22.9 Å². The predicted molar refractivity (Wildman–Crippen MR) is 86.8 cm³/mol. The molecule has 0 spiro atoms. The Hall–Kier alpha value is -1.56. The summed E-state index contributed by atoms with van der Waals surface area (Å²) in [5.41, 5.74) is 6.78. The van der Waals surface area contributed by atoms with Gasteiger partial charge in [-0.2, -0.15) is 0 Å². The van der Waals surface area contributed by atoms with Crippen molar-refractivity contribution < 1.29 is 13.2 Å². The maximum Gasteiger partial charge on any atom is 0.224 e. The highest BCUT2D eigenvalue weighted by atomic mass is 32.2. The first-order chi connectivity index (χ1) is 9.80. The van der Waals surface area contributed by atoms with Gasteiger partial charge in [-0.3, -0.25) is 4.79 Å². The molecule has 0 bridgehead atoms. The number of nitrogen functional groups attached to an aromatic ring is 1. The molecule has 0 unspecified atom stereocenters. The zero-order valence-corrected chi connectivity index (χ0v) is 13.4. The van der Waals surface area contributed by atoms with Gasteiger partial charge in [-0.15, -0.1) is 0 Å². The van der Waals surface area contributed by atoms with Crippen LogP contribution < -0.4 is 11.1 Å². The summed E-state index contributed by atoms with van der Waals surface area (Å²) < 4.78 is 23.6. The number of rotatable bonds is 8. The summed E-state index contributed by atoms with van der Waals surface area (Å²) in [6.07, 6.45) is 1.17. The molecular weight excluding hydrogens is 288 g/mol. The summed E-state index contributed by atoms with van der Waals surface area (Å²) >= 11 is 0. The lowest BCUT2D eigenvalue weighted by atomic mass is 10.2. The summed E-state index contributed by atoms with van der Waals surface area (Å²) in [5.74, 6) is 0.395. The third-order valence-electron chi connectivity index (χ3n) is 3.10. The third-order valence-corrected chi connectivity index (χ3v) is 4.87. The van der Waals surface area contributed by atoms with Crippen molar-refractivity contribution in [3.8, 4) is 0 Å². The number of benzene rings is 1. The minimum Gasteiger partial charge on any atom is -0.397 e. The SMILES string of the molecule is CC(C)CCS(=O)(=O)CCCC(=O)Nc1ccccc1N. The number of anilines is 2. The molecule has 21 heavy (non-hydrogen) atoms. The van der Waals surface area contributed by atoms with E-state index in [0.29, 0.717) is 30.1 Å². The molecule has 6 heteroatoms. The Morgan fingerprint density at radius 3 is 2.52 bits per heavy atom. The van der Waals surface area contributed by atoms with Gasteiger partial charge < -0.3 is 11.1 Å². The highest BCUT2D eigenvalue weighted by Gasteiger charge is 2.13. The van der Waals surface area contributed by atoms with Gasteiger partial charge in [0.15, 0.2) is 0 Å². The standard InChI is InChI=1S/C15H24N2O3S/c1-12(2)9-11-21(19,20)10-5-8-15(18)17-14-7-4-3-6-13(14)16/h3-4,6-7,12H,5,8-11,16H2,1-2H3,(H,17,18). The van der Waals surface area contributed by atoms with Gasteiger partial charge in [0.1, 0.15) is 9.84 Å². The van der Waals surface area contributed by atoms with E-state index in [4.69, 9.17) is 5.73 Å². The van der Waals surface area contributed by atoms with E-state index in [9.17, 15) is 13.2 Å². The number of hydrogen-bond acceptors (Lipinski definition) is 4. The van der Waals surface area contributed by atoms with E-state index in [1.165, 1.54) is 0 Å². The normalized spacial score (nSPS) is 11.6. The maximum atomic E-state index is 11.8. The number of hydrogen-bond donors (Lipinski definition) is 2. The molecule has 0 aliphatic heterocycles. The van der Waals surface area contributed by atoms with Crippen molar-refractivity contribution in [2.45, 2.75) is 33.1 Å². The van der Waals surface area contributed by atoms with E-state index in [2.05, 4.69) is 5.32 Å². The first-order valence-electron chi connectivity index (χ1n) is 7.15. The van der Waals surface area contributed by atoms with E-state index >= 15 is 0 Å². The molecular formula is C15H24N2O3S. The molecule has 0 aliphatic carbocycles. The number of nitrogens with one attached hydrogen (secondary N) is 1. The van der Waals surface area contributed by atoms with Gasteiger partial charge in [0.25, 0.3) is 0 Å². The van der Waals surface area contributed by atoms with Crippen molar-refractivity contribution in [1.29, 1.82) is 0 Å². The lowest BCUT2D eigenvalue weighted by molar-refractivity contribution is -0.116. The number of para-hydroxylation sites is 2. The van der Waals surface area contributed by atoms with Crippen molar-refractivity contribution in [2.24, 2.45) is 5.92 Å². The zero-order chi connectivity index (χ0) is 15.9. The van der Waals surface area contributed by atoms with Crippen LogP contribution >= 0.6 is 0 Å². The van der Waals surface area contributed by atoms with Crippen LogP contribution in [0.25, 0.3) is 0 Å². The number of carbonyl (C=O) groups excluding carboxylic acids is 1. The van der Waals surface area contributed by atoms with E-state index in [0.717, 1.165) is 0 Å². The molecule has 0 fully saturated rings. The molecule has 1 rings (SSSR count). The molecule has 1 amide bonds. The second-order valence-corrected chi connectivity index (χ2v) is 7.88. The Balaban J connectivity index is 2.35. The molecule has 0 saturated heterocycles. The highest BCUT2D eigenvalue weighted by Crippen LogP contribution is 2.17. The van der Waals surface area contributed by atoms with Crippen LogP contribution in [0, 0.1) is 5.92 Å². The molecule has 1 aromatic carbocycles. The minimum absolute atomic E-state index is 0.0530. The van der Waals surface area contributed by atoms with E-state index in [-0.39, 0.29) is 23.8 Å². The monoisotopic (exact) mass is 312 g/mol. The first kappa shape index (κ1) is 17.5. The largest absolute Gasteiger partial charge is 0.397 e. The molecule has 0 aliphatic rings. The van der Waals surface area contributed by atoms with Crippen LogP contribution in [0.5, 0.6) is 0 Å². The highest BCUT2D eigenvalue weighted by molar-refractivity contribution is 7.91. The topological polar surface area (TPSA) is 89.3 Å². The Morgan fingerprint density at radius 2 is 1.90 bits per heavy atom. The van der Waals surface area contributed by atoms with Crippen LogP contribution in [0.2, 0.25) is 0 Å². The summed E-state index contributed by atoms with van der Waals surface area (Å²) in [6.45, 7) is 3.99. The van der Waals surface area contributed by atoms with Crippen molar-refractivity contribution in [1.82, 2.24) is 0 Å². The Morgan fingerprint density at radius 1 is 1.24 bits per heavy atom. The van der Waals surface area contributed by atoms with Gasteiger partial charge in [-0.1, -0.05) is 26.0 Å². The summed E-state index contributed by atoms with van der Waals surface area (Å²) in [5, 5.41) is 2.69. The molecule has 118 valence electrons. The fraction of sp³-hybridized carbons (Fsp3) is 0.533.